The van der Waals surface area contributed by atoms with E-state index in [4.69, 9.17) is 16.1 Å². The molecule has 2 heterocycles. The topological polar surface area (TPSA) is 63.8 Å². The Morgan fingerprint density at radius 2 is 2.13 bits per heavy atom. The minimum absolute atomic E-state index is 0.649. The maximum Gasteiger partial charge on any atom is 0.206 e. The van der Waals surface area contributed by atoms with Gasteiger partial charge in [-0.1, -0.05) is 58.1 Å². The molecule has 0 spiro atoms. The molecule has 0 aliphatic carbocycles. The Hall–Kier alpha value is -1.83. The quantitative estimate of drug-likeness (QED) is 0.482. The van der Waals surface area contributed by atoms with E-state index in [0.29, 0.717) is 17.3 Å². The zero-order valence-corrected chi connectivity index (χ0v) is 14.4. The first-order valence-electron chi connectivity index (χ1n) is 6.77. The van der Waals surface area contributed by atoms with E-state index in [1.807, 2.05) is 30.3 Å². The van der Waals surface area contributed by atoms with Gasteiger partial charge < -0.3 is 9.84 Å². The molecule has 1 N–H and O–H groups in total. The Bertz CT molecular complexity index is 785. The highest BCUT2D eigenvalue weighted by molar-refractivity contribution is 8.00. The first-order valence-corrected chi connectivity index (χ1v) is 8.95. The molecule has 0 saturated heterocycles. The van der Waals surface area contributed by atoms with Crippen molar-refractivity contribution in [2.24, 2.45) is 0 Å². The molecule has 118 valence electrons. The molecule has 0 amide bonds. The summed E-state index contributed by atoms with van der Waals surface area (Å²) in [4.78, 5) is 0. The molecule has 0 aliphatic rings. The van der Waals surface area contributed by atoms with E-state index in [0.717, 1.165) is 26.5 Å². The van der Waals surface area contributed by atoms with Crippen LogP contribution in [0.3, 0.4) is 0 Å². The maximum atomic E-state index is 5.89. The van der Waals surface area contributed by atoms with E-state index in [-0.39, 0.29) is 0 Å². The fourth-order valence-electron chi connectivity index (χ4n) is 1.77. The summed E-state index contributed by atoms with van der Waals surface area (Å²) in [5.41, 5.74) is 1.77. The van der Waals surface area contributed by atoms with Crippen molar-refractivity contribution >= 4 is 39.8 Å². The van der Waals surface area contributed by atoms with Crippen LogP contribution in [0.2, 0.25) is 5.02 Å². The molecule has 23 heavy (non-hydrogen) atoms. The summed E-state index contributed by atoms with van der Waals surface area (Å²) in [6.07, 6.45) is 1.78. The van der Waals surface area contributed by atoms with E-state index in [9.17, 15) is 0 Å². The summed E-state index contributed by atoms with van der Waals surface area (Å²) >= 11 is 8.95. The van der Waals surface area contributed by atoms with Gasteiger partial charge in [-0.25, -0.2) is 0 Å². The van der Waals surface area contributed by atoms with Crippen LogP contribution in [0.25, 0.3) is 11.3 Å². The average Bonchev–Trinajstić information content (AvgIpc) is 3.21. The van der Waals surface area contributed by atoms with E-state index in [1.54, 1.807) is 17.8 Å². The summed E-state index contributed by atoms with van der Waals surface area (Å²) in [5, 5.41) is 16.9. The number of halogens is 1. The molecular formula is C15H13ClN4OS2. The lowest BCUT2D eigenvalue weighted by Gasteiger charge is -1.94. The second kappa shape index (κ2) is 7.63. The minimum Gasteiger partial charge on any atom is -0.360 e. The van der Waals surface area contributed by atoms with E-state index >= 15 is 0 Å². The number of nitrogens with one attached hydrogen (secondary N) is 1. The van der Waals surface area contributed by atoms with Gasteiger partial charge in [0.25, 0.3) is 0 Å². The summed E-state index contributed by atoms with van der Waals surface area (Å²) in [7, 11) is 0. The van der Waals surface area contributed by atoms with Crippen molar-refractivity contribution in [1.82, 2.24) is 15.4 Å². The molecule has 2 aromatic heterocycles. The highest BCUT2D eigenvalue weighted by atomic mass is 35.5. The number of hydrogen-bond acceptors (Lipinski definition) is 7. The van der Waals surface area contributed by atoms with Crippen molar-refractivity contribution < 1.29 is 4.52 Å². The summed E-state index contributed by atoms with van der Waals surface area (Å²) < 4.78 is 6.24. The van der Waals surface area contributed by atoms with Gasteiger partial charge in [0, 0.05) is 23.2 Å². The summed E-state index contributed by atoms with van der Waals surface area (Å²) in [6, 6.07) is 9.42. The van der Waals surface area contributed by atoms with Crippen molar-refractivity contribution in [3.63, 3.8) is 0 Å². The third kappa shape index (κ3) is 4.34. The first kappa shape index (κ1) is 16.0. The molecule has 0 bridgehead atoms. The van der Waals surface area contributed by atoms with Crippen LogP contribution in [0.4, 0.5) is 5.13 Å². The highest BCUT2D eigenvalue weighted by Crippen LogP contribution is 2.29. The van der Waals surface area contributed by atoms with E-state index in [2.05, 4.69) is 27.2 Å². The van der Waals surface area contributed by atoms with Crippen LogP contribution in [0, 0.1) is 0 Å². The monoisotopic (exact) mass is 364 g/mol. The fraction of sp³-hybridized carbons (Fsp3) is 0.133. The third-order valence-electron chi connectivity index (χ3n) is 2.84. The number of anilines is 1. The van der Waals surface area contributed by atoms with Crippen LogP contribution in [-0.2, 0) is 5.75 Å². The van der Waals surface area contributed by atoms with Gasteiger partial charge >= 0.3 is 0 Å². The van der Waals surface area contributed by atoms with Crippen LogP contribution in [0.5, 0.6) is 0 Å². The minimum atomic E-state index is 0.649. The fourth-order valence-corrected chi connectivity index (χ4v) is 3.53. The molecule has 0 saturated carbocycles. The molecule has 5 nitrogen and oxygen atoms in total. The SMILES string of the molecule is C=CCNc1nnc(SCc2cc(-c3ccc(Cl)cc3)no2)s1. The molecule has 8 heteroatoms. The van der Waals surface area contributed by atoms with Crippen LogP contribution in [-0.4, -0.2) is 21.9 Å². The molecule has 0 radical (unpaired) electrons. The average molecular weight is 365 g/mol. The molecule has 1 aromatic carbocycles. The molecule has 3 aromatic rings. The number of rotatable bonds is 7. The standard InChI is InChI=1S/C15H13ClN4OS2/c1-2-7-17-14-18-19-15(23-14)22-9-12-8-13(20-21-12)10-3-5-11(16)6-4-10/h2-6,8H,1,7,9H2,(H,17,18). The van der Waals surface area contributed by atoms with Gasteiger partial charge in [-0.3, -0.25) is 0 Å². The van der Waals surface area contributed by atoms with Crippen molar-refractivity contribution in [1.29, 1.82) is 0 Å². The van der Waals surface area contributed by atoms with Crippen molar-refractivity contribution in [3.05, 3.63) is 53.8 Å². The van der Waals surface area contributed by atoms with Crippen LogP contribution < -0.4 is 5.32 Å². The number of aromatic nitrogens is 3. The highest BCUT2D eigenvalue weighted by Gasteiger charge is 2.09. The van der Waals surface area contributed by atoms with Crippen molar-refractivity contribution in [2.75, 3.05) is 11.9 Å². The molecule has 3 rings (SSSR count). The predicted octanol–water partition coefficient (Wildman–Crippen LogP) is 4.74. The lowest BCUT2D eigenvalue weighted by molar-refractivity contribution is 0.397. The Morgan fingerprint density at radius 1 is 1.30 bits per heavy atom. The number of thioether (sulfide) groups is 1. The van der Waals surface area contributed by atoms with Gasteiger partial charge in [-0.05, 0) is 12.1 Å². The van der Waals surface area contributed by atoms with Gasteiger partial charge in [0.2, 0.25) is 5.13 Å². The lowest BCUT2D eigenvalue weighted by atomic mass is 10.1. The van der Waals surface area contributed by atoms with Crippen molar-refractivity contribution in [2.45, 2.75) is 10.1 Å². The second-order valence-electron chi connectivity index (χ2n) is 4.52. The molecule has 0 fully saturated rings. The van der Waals surface area contributed by atoms with Crippen molar-refractivity contribution in [3.8, 4) is 11.3 Å². The van der Waals surface area contributed by atoms with E-state index < -0.39 is 0 Å². The van der Waals surface area contributed by atoms with Gasteiger partial charge in [0.1, 0.15) is 11.5 Å². The Kier molecular flexibility index (Phi) is 5.32. The van der Waals surface area contributed by atoms with Gasteiger partial charge in [0.05, 0.1) is 5.75 Å². The smallest absolute Gasteiger partial charge is 0.206 e. The van der Waals surface area contributed by atoms with Gasteiger partial charge in [-0.15, -0.1) is 16.8 Å². The molecule has 0 atom stereocenters. The zero-order valence-electron chi connectivity index (χ0n) is 12.0. The van der Waals surface area contributed by atoms with Crippen LogP contribution in [0.15, 0.2) is 51.8 Å². The lowest BCUT2D eigenvalue weighted by Crippen LogP contribution is -1.96. The second-order valence-corrected chi connectivity index (χ2v) is 7.15. The van der Waals surface area contributed by atoms with E-state index in [1.165, 1.54) is 11.3 Å². The number of benzene rings is 1. The summed E-state index contributed by atoms with van der Waals surface area (Å²) in [6.45, 7) is 4.33. The predicted molar refractivity (Wildman–Crippen MR) is 95.1 cm³/mol. The molecule has 0 aliphatic heterocycles. The normalized spacial score (nSPS) is 10.7. The molecule has 0 unspecified atom stereocenters. The van der Waals surface area contributed by atoms with Gasteiger partial charge in [-0.2, -0.15) is 0 Å². The zero-order chi connectivity index (χ0) is 16.1. The third-order valence-corrected chi connectivity index (χ3v) is 5.13. The largest absolute Gasteiger partial charge is 0.360 e. The summed E-state index contributed by atoms with van der Waals surface area (Å²) in [5.74, 6) is 1.44. The van der Waals surface area contributed by atoms with Gasteiger partial charge in [0.15, 0.2) is 4.34 Å². The molecular weight excluding hydrogens is 352 g/mol. The maximum absolute atomic E-state index is 5.89. The number of nitrogens with zero attached hydrogens (tertiary/aromatic N) is 3. The Balaban J connectivity index is 1.59. The van der Waals surface area contributed by atoms with Crippen LogP contribution in [0.1, 0.15) is 5.76 Å². The Morgan fingerprint density at radius 3 is 2.91 bits per heavy atom. The Labute approximate surface area is 146 Å². The number of hydrogen-bond donors (Lipinski definition) is 1. The van der Waals surface area contributed by atoms with Crippen LogP contribution >= 0.6 is 34.7 Å². The first-order chi connectivity index (χ1) is 11.2.